The van der Waals surface area contributed by atoms with Crippen LogP contribution in [0.5, 0.6) is 0 Å². The summed E-state index contributed by atoms with van der Waals surface area (Å²) < 4.78 is 1.77. The summed E-state index contributed by atoms with van der Waals surface area (Å²) >= 11 is 0. The van der Waals surface area contributed by atoms with Gasteiger partial charge in [-0.25, -0.2) is 0 Å². The van der Waals surface area contributed by atoms with Gasteiger partial charge in [-0.15, -0.1) is 0 Å². The molecule has 0 radical (unpaired) electrons. The minimum absolute atomic E-state index is 0.00935. The first-order valence-electron chi connectivity index (χ1n) is 10.3. The number of nitrogens with zero attached hydrogens (tertiary/aromatic N) is 5. The van der Waals surface area contributed by atoms with Crippen LogP contribution in [0.3, 0.4) is 0 Å². The number of piperazine rings is 1. The van der Waals surface area contributed by atoms with Crippen molar-refractivity contribution in [1.82, 2.24) is 24.5 Å². The normalized spacial score (nSPS) is 21.7. The third-order valence-corrected chi connectivity index (χ3v) is 5.85. The molecule has 3 heterocycles. The van der Waals surface area contributed by atoms with E-state index < -0.39 is 0 Å². The maximum Gasteiger partial charge on any atom is 0.274 e. The van der Waals surface area contributed by atoms with Gasteiger partial charge in [-0.2, -0.15) is 5.10 Å². The van der Waals surface area contributed by atoms with Crippen LogP contribution in [0.2, 0.25) is 0 Å². The molecule has 27 heavy (non-hydrogen) atoms. The van der Waals surface area contributed by atoms with Gasteiger partial charge in [0.05, 0.1) is 0 Å². The molecule has 1 atom stereocenters. The molecule has 1 aromatic rings. The molecular weight excluding hydrogens is 342 g/mol. The molecule has 2 saturated heterocycles. The molecular formula is C20H33N5O2. The van der Waals surface area contributed by atoms with Crippen molar-refractivity contribution in [3.8, 4) is 0 Å². The summed E-state index contributed by atoms with van der Waals surface area (Å²) in [5.41, 5.74) is 0.508. The number of rotatable bonds is 5. The van der Waals surface area contributed by atoms with Crippen LogP contribution in [-0.2, 0) is 11.3 Å². The lowest BCUT2D eigenvalue weighted by Crippen LogP contribution is -2.51. The van der Waals surface area contributed by atoms with Gasteiger partial charge in [-0.05, 0) is 45.6 Å². The lowest BCUT2D eigenvalue weighted by Gasteiger charge is -2.38. The van der Waals surface area contributed by atoms with E-state index in [9.17, 15) is 9.59 Å². The number of hydrogen-bond acceptors (Lipinski definition) is 4. The van der Waals surface area contributed by atoms with Crippen molar-refractivity contribution in [2.45, 2.75) is 52.6 Å². The van der Waals surface area contributed by atoms with E-state index in [2.05, 4.69) is 23.8 Å². The zero-order valence-corrected chi connectivity index (χ0v) is 16.9. The molecule has 150 valence electrons. The minimum Gasteiger partial charge on any atom is -0.340 e. The second kappa shape index (κ2) is 8.87. The molecule has 2 aliphatic rings. The number of carbonyl (C=O) groups is 2. The molecule has 7 nitrogen and oxygen atoms in total. The molecule has 0 unspecified atom stereocenters. The molecule has 2 amide bonds. The standard InChI is InChI=1S/C20H33N5O2/c1-4-25-9-7-18(21-25)20(27)24-8-5-6-17(15-24)14-19(26)23-12-10-22(11-13-23)16(2)3/h7,9,16-17H,4-6,8,10-15H2,1-3H3/t17-/m1/s1. The molecule has 2 aliphatic heterocycles. The van der Waals surface area contributed by atoms with Crippen LogP contribution in [0.4, 0.5) is 0 Å². The van der Waals surface area contributed by atoms with Crippen molar-refractivity contribution in [2.75, 3.05) is 39.3 Å². The topological polar surface area (TPSA) is 61.7 Å². The predicted molar refractivity (Wildman–Crippen MR) is 104 cm³/mol. The van der Waals surface area contributed by atoms with E-state index in [-0.39, 0.29) is 17.7 Å². The molecule has 2 fully saturated rings. The van der Waals surface area contributed by atoms with Crippen LogP contribution in [-0.4, -0.2) is 81.6 Å². The summed E-state index contributed by atoms with van der Waals surface area (Å²) in [5.74, 6) is 0.490. The highest BCUT2D eigenvalue weighted by atomic mass is 16.2. The SMILES string of the molecule is CCn1ccc(C(=O)N2CCC[C@H](CC(=O)N3CCN(C(C)C)CC3)C2)n1. The third kappa shape index (κ3) is 4.89. The van der Waals surface area contributed by atoms with Crippen molar-refractivity contribution in [3.63, 3.8) is 0 Å². The average molecular weight is 376 g/mol. The van der Waals surface area contributed by atoms with Gasteiger partial charge in [-0.1, -0.05) is 0 Å². The Balaban J connectivity index is 1.51. The smallest absolute Gasteiger partial charge is 0.274 e. The van der Waals surface area contributed by atoms with E-state index in [1.54, 1.807) is 10.7 Å². The monoisotopic (exact) mass is 375 g/mol. The predicted octanol–water partition coefficient (Wildman–Crippen LogP) is 1.70. The second-order valence-electron chi connectivity index (χ2n) is 8.03. The summed E-state index contributed by atoms with van der Waals surface area (Å²) in [7, 11) is 0. The molecule has 0 bridgehead atoms. The summed E-state index contributed by atoms with van der Waals surface area (Å²) in [6.45, 7) is 12.1. The first kappa shape index (κ1) is 19.9. The Morgan fingerprint density at radius 1 is 1.15 bits per heavy atom. The van der Waals surface area contributed by atoms with Crippen LogP contribution < -0.4 is 0 Å². The Morgan fingerprint density at radius 3 is 2.52 bits per heavy atom. The third-order valence-electron chi connectivity index (χ3n) is 5.85. The number of likely N-dealkylation sites (tertiary alicyclic amines) is 1. The number of amides is 2. The molecule has 1 aromatic heterocycles. The quantitative estimate of drug-likeness (QED) is 0.786. The molecule has 0 aliphatic carbocycles. The lowest BCUT2D eigenvalue weighted by atomic mass is 9.94. The maximum atomic E-state index is 12.7. The molecule has 3 rings (SSSR count). The van der Waals surface area contributed by atoms with E-state index in [0.29, 0.717) is 24.7 Å². The van der Waals surface area contributed by atoms with Crippen LogP contribution in [0, 0.1) is 5.92 Å². The molecule has 0 aromatic carbocycles. The fourth-order valence-electron chi connectivity index (χ4n) is 4.09. The van der Waals surface area contributed by atoms with Crippen molar-refractivity contribution in [2.24, 2.45) is 5.92 Å². The number of carbonyl (C=O) groups excluding carboxylic acids is 2. The molecule has 0 saturated carbocycles. The largest absolute Gasteiger partial charge is 0.340 e. The van der Waals surface area contributed by atoms with Crippen LogP contribution in [0.25, 0.3) is 0 Å². The average Bonchev–Trinajstić information content (AvgIpc) is 3.17. The summed E-state index contributed by atoms with van der Waals surface area (Å²) in [6.07, 6.45) is 4.37. The van der Waals surface area contributed by atoms with Gasteiger partial charge < -0.3 is 9.80 Å². The van der Waals surface area contributed by atoms with Gasteiger partial charge in [0, 0.05) is 64.5 Å². The van der Waals surface area contributed by atoms with Crippen LogP contribution in [0.15, 0.2) is 12.3 Å². The Kier molecular flexibility index (Phi) is 6.52. The van der Waals surface area contributed by atoms with E-state index >= 15 is 0 Å². The van der Waals surface area contributed by atoms with E-state index in [4.69, 9.17) is 0 Å². The van der Waals surface area contributed by atoms with Crippen molar-refractivity contribution in [1.29, 1.82) is 0 Å². The van der Waals surface area contributed by atoms with E-state index in [1.807, 2.05) is 22.9 Å². The summed E-state index contributed by atoms with van der Waals surface area (Å²) in [4.78, 5) is 31.7. The van der Waals surface area contributed by atoms with Crippen LogP contribution in [0.1, 0.15) is 50.5 Å². The van der Waals surface area contributed by atoms with Gasteiger partial charge in [0.1, 0.15) is 5.69 Å². The van der Waals surface area contributed by atoms with Gasteiger partial charge in [0.25, 0.3) is 5.91 Å². The molecule has 7 heteroatoms. The molecule has 0 N–H and O–H groups in total. The minimum atomic E-state index is -0.00935. The van der Waals surface area contributed by atoms with Gasteiger partial charge in [0.2, 0.25) is 5.91 Å². The van der Waals surface area contributed by atoms with Crippen molar-refractivity contribution >= 4 is 11.8 Å². The number of aryl methyl sites for hydroxylation is 1. The van der Waals surface area contributed by atoms with Crippen LogP contribution >= 0.6 is 0 Å². The number of piperidine rings is 1. The summed E-state index contributed by atoms with van der Waals surface area (Å²) in [6, 6.07) is 2.32. The van der Waals surface area contributed by atoms with E-state index in [1.165, 1.54) is 0 Å². The maximum absolute atomic E-state index is 12.7. The fourth-order valence-corrected chi connectivity index (χ4v) is 4.09. The van der Waals surface area contributed by atoms with Gasteiger partial charge >= 0.3 is 0 Å². The molecule has 0 spiro atoms. The Bertz CT molecular complexity index is 649. The van der Waals surface area contributed by atoms with Crippen molar-refractivity contribution < 1.29 is 9.59 Å². The Labute approximate surface area is 162 Å². The first-order chi connectivity index (χ1) is 13.0. The second-order valence-corrected chi connectivity index (χ2v) is 8.03. The lowest BCUT2D eigenvalue weighted by molar-refractivity contribution is -0.134. The number of aromatic nitrogens is 2. The highest BCUT2D eigenvalue weighted by molar-refractivity contribution is 5.92. The summed E-state index contributed by atoms with van der Waals surface area (Å²) in [5, 5.41) is 4.33. The highest BCUT2D eigenvalue weighted by Gasteiger charge is 2.29. The van der Waals surface area contributed by atoms with Crippen molar-refractivity contribution in [3.05, 3.63) is 18.0 Å². The van der Waals surface area contributed by atoms with Gasteiger partial charge in [0.15, 0.2) is 0 Å². The fraction of sp³-hybridized carbons (Fsp3) is 0.750. The Hall–Kier alpha value is -1.89. The van der Waals surface area contributed by atoms with Gasteiger partial charge in [-0.3, -0.25) is 19.2 Å². The first-order valence-corrected chi connectivity index (χ1v) is 10.3. The van der Waals surface area contributed by atoms with E-state index in [0.717, 1.165) is 52.1 Å². The zero-order valence-electron chi connectivity index (χ0n) is 16.9. The highest BCUT2D eigenvalue weighted by Crippen LogP contribution is 2.22. The zero-order chi connectivity index (χ0) is 19.4. The Morgan fingerprint density at radius 2 is 1.89 bits per heavy atom. The number of hydrogen-bond donors (Lipinski definition) is 0.